The highest BCUT2D eigenvalue weighted by atomic mass is 79.9. The summed E-state index contributed by atoms with van der Waals surface area (Å²) >= 11 is 3.16. The van der Waals surface area contributed by atoms with E-state index in [9.17, 15) is 4.39 Å². The SMILES string of the molecule is Cc1ccc(Cn2c(N)nc3cc(Br)c(F)cc32)cc1. The molecule has 0 atom stereocenters. The molecule has 0 spiro atoms. The fourth-order valence-corrected chi connectivity index (χ4v) is 2.51. The molecule has 3 aromatic rings. The molecule has 0 aliphatic heterocycles. The Kier molecular flexibility index (Phi) is 3.22. The average Bonchev–Trinajstić information content (AvgIpc) is 2.69. The molecule has 0 aliphatic rings. The molecule has 3 nitrogen and oxygen atoms in total. The Bertz CT molecular complexity index is 778. The molecular weight excluding hydrogens is 321 g/mol. The number of imidazole rings is 1. The molecule has 3 rings (SSSR count). The van der Waals surface area contributed by atoms with Gasteiger partial charge >= 0.3 is 0 Å². The average molecular weight is 334 g/mol. The molecule has 0 unspecified atom stereocenters. The smallest absolute Gasteiger partial charge is 0.201 e. The van der Waals surface area contributed by atoms with E-state index in [1.807, 2.05) is 35.8 Å². The lowest BCUT2D eigenvalue weighted by molar-refractivity contribution is 0.622. The summed E-state index contributed by atoms with van der Waals surface area (Å²) in [5.74, 6) is 0.0700. The number of benzene rings is 2. The third-order valence-corrected chi connectivity index (χ3v) is 3.89. The Hall–Kier alpha value is -1.88. The molecule has 0 amide bonds. The van der Waals surface area contributed by atoms with Crippen molar-refractivity contribution in [3.8, 4) is 0 Å². The summed E-state index contributed by atoms with van der Waals surface area (Å²) in [5.41, 5.74) is 9.63. The summed E-state index contributed by atoms with van der Waals surface area (Å²) in [6.07, 6.45) is 0. The highest BCUT2D eigenvalue weighted by Crippen LogP contribution is 2.25. The number of hydrogen-bond donors (Lipinski definition) is 1. The summed E-state index contributed by atoms with van der Waals surface area (Å²) in [6, 6.07) is 11.3. The first kappa shape index (κ1) is 13.1. The molecule has 102 valence electrons. The standard InChI is InChI=1S/C15H13BrFN3/c1-9-2-4-10(5-3-9)8-20-14-7-12(17)11(16)6-13(14)19-15(20)18/h2-7H,8H2,1H3,(H2,18,19). The second kappa shape index (κ2) is 4.90. The van der Waals surface area contributed by atoms with Gasteiger partial charge in [0.15, 0.2) is 0 Å². The highest BCUT2D eigenvalue weighted by Gasteiger charge is 2.11. The van der Waals surface area contributed by atoms with Crippen molar-refractivity contribution in [1.29, 1.82) is 0 Å². The molecular formula is C15H13BrFN3. The Morgan fingerprint density at radius 3 is 2.65 bits per heavy atom. The number of aromatic nitrogens is 2. The molecule has 0 bridgehead atoms. The van der Waals surface area contributed by atoms with Crippen LogP contribution in [0.1, 0.15) is 11.1 Å². The number of rotatable bonds is 2. The quantitative estimate of drug-likeness (QED) is 0.773. The van der Waals surface area contributed by atoms with Crippen LogP contribution in [-0.4, -0.2) is 9.55 Å². The maximum absolute atomic E-state index is 13.7. The minimum Gasteiger partial charge on any atom is -0.369 e. The summed E-state index contributed by atoms with van der Waals surface area (Å²) in [6.45, 7) is 2.61. The van der Waals surface area contributed by atoms with Gasteiger partial charge < -0.3 is 10.3 Å². The Morgan fingerprint density at radius 2 is 1.95 bits per heavy atom. The maximum atomic E-state index is 13.7. The van der Waals surface area contributed by atoms with Gasteiger partial charge in [0.2, 0.25) is 5.95 Å². The first-order chi connectivity index (χ1) is 9.54. The van der Waals surface area contributed by atoms with E-state index < -0.39 is 0 Å². The minimum atomic E-state index is -0.317. The Morgan fingerprint density at radius 1 is 1.25 bits per heavy atom. The Balaban J connectivity index is 2.08. The molecule has 0 radical (unpaired) electrons. The predicted octanol–water partition coefficient (Wildman–Crippen LogP) is 3.88. The molecule has 1 aromatic heterocycles. The van der Waals surface area contributed by atoms with Gasteiger partial charge in [0.25, 0.3) is 0 Å². The summed E-state index contributed by atoms with van der Waals surface area (Å²) in [7, 11) is 0. The molecule has 0 fully saturated rings. The maximum Gasteiger partial charge on any atom is 0.201 e. The fourth-order valence-electron chi connectivity index (χ4n) is 2.18. The van der Waals surface area contributed by atoms with Crippen molar-refractivity contribution in [2.45, 2.75) is 13.5 Å². The van der Waals surface area contributed by atoms with Crippen LogP contribution in [0.5, 0.6) is 0 Å². The number of anilines is 1. The normalized spacial score (nSPS) is 11.2. The van der Waals surface area contributed by atoms with E-state index in [1.54, 1.807) is 6.07 Å². The van der Waals surface area contributed by atoms with Gasteiger partial charge in [-0.05, 0) is 34.5 Å². The minimum absolute atomic E-state index is 0.317. The van der Waals surface area contributed by atoms with Crippen molar-refractivity contribution in [2.24, 2.45) is 0 Å². The van der Waals surface area contributed by atoms with Gasteiger partial charge in [-0.1, -0.05) is 29.8 Å². The van der Waals surface area contributed by atoms with Crippen molar-refractivity contribution in [3.63, 3.8) is 0 Å². The number of hydrogen-bond acceptors (Lipinski definition) is 2. The van der Waals surface area contributed by atoms with Crippen molar-refractivity contribution in [2.75, 3.05) is 5.73 Å². The molecule has 0 aliphatic carbocycles. The van der Waals surface area contributed by atoms with Gasteiger partial charge in [0.1, 0.15) is 5.82 Å². The third-order valence-electron chi connectivity index (χ3n) is 3.28. The van der Waals surface area contributed by atoms with Crippen LogP contribution >= 0.6 is 15.9 Å². The summed E-state index contributed by atoms with van der Waals surface area (Å²) in [5, 5.41) is 0. The molecule has 0 saturated carbocycles. The lowest BCUT2D eigenvalue weighted by atomic mass is 10.1. The number of fused-ring (bicyclic) bond motifs is 1. The Labute approximate surface area is 124 Å². The zero-order chi connectivity index (χ0) is 14.3. The zero-order valence-electron chi connectivity index (χ0n) is 10.9. The van der Waals surface area contributed by atoms with Gasteiger partial charge in [-0.15, -0.1) is 0 Å². The monoisotopic (exact) mass is 333 g/mol. The van der Waals surface area contributed by atoms with Crippen LogP contribution < -0.4 is 5.73 Å². The van der Waals surface area contributed by atoms with Gasteiger partial charge in [0, 0.05) is 6.07 Å². The highest BCUT2D eigenvalue weighted by molar-refractivity contribution is 9.10. The lowest BCUT2D eigenvalue weighted by Gasteiger charge is -2.07. The number of nitrogens with zero attached hydrogens (tertiary/aromatic N) is 2. The van der Waals surface area contributed by atoms with E-state index >= 15 is 0 Å². The van der Waals surface area contributed by atoms with Crippen molar-refractivity contribution >= 4 is 32.9 Å². The van der Waals surface area contributed by atoms with E-state index in [0.717, 1.165) is 5.56 Å². The summed E-state index contributed by atoms with van der Waals surface area (Å²) < 4.78 is 15.9. The third kappa shape index (κ3) is 2.29. The molecule has 20 heavy (non-hydrogen) atoms. The van der Waals surface area contributed by atoms with Crippen LogP contribution in [0.4, 0.5) is 10.3 Å². The number of nitrogens with two attached hydrogens (primary N) is 1. The number of nitrogen functional groups attached to an aromatic ring is 1. The lowest BCUT2D eigenvalue weighted by Crippen LogP contribution is -2.04. The van der Waals surface area contributed by atoms with E-state index in [0.29, 0.717) is 28.0 Å². The number of aryl methyl sites for hydroxylation is 1. The second-order valence-electron chi connectivity index (χ2n) is 4.80. The van der Waals surface area contributed by atoms with Gasteiger partial charge in [-0.25, -0.2) is 9.37 Å². The molecule has 2 aromatic carbocycles. The summed E-state index contributed by atoms with van der Waals surface area (Å²) in [4.78, 5) is 4.27. The van der Waals surface area contributed by atoms with Crippen LogP contribution in [0, 0.1) is 12.7 Å². The number of halogens is 2. The largest absolute Gasteiger partial charge is 0.369 e. The molecule has 5 heteroatoms. The van der Waals surface area contributed by atoms with Gasteiger partial charge in [0.05, 0.1) is 22.1 Å². The van der Waals surface area contributed by atoms with Crippen LogP contribution in [0.25, 0.3) is 11.0 Å². The second-order valence-corrected chi connectivity index (χ2v) is 5.65. The first-order valence-corrected chi connectivity index (χ1v) is 7.00. The van der Waals surface area contributed by atoms with Gasteiger partial charge in [-0.3, -0.25) is 0 Å². The van der Waals surface area contributed by atoms with E-state index in [-0.39, 0.29) is 5.82 Å². The van der Waals surface area contributed by atoms with Crippen molar-refractivity contribution < 1.29 is 4.39 Å². The topological polar surface area (TPSA) is 43.8 Å². The zero-order valence-corrected chi connectivity index (χ0v) is 12.5. The van der Waals surface area contributed by atoms with E-state index in [2.05, 4.69) is 20.9 Å². The van der Waals surface area contributed by atoms with Crippen LogP contribution in [0.2, 0.25) is 0 Å². The van der Waals surface area contributed by atoms with E-state index in [4.69, 9.17) is 5.73 Å². The fraction of sp³-hybridized carbons (Fsp3) is 0.133. The molecule has 0 saturated heterocycles. The molecule has 1 heterocycles. The first-order valence-electron chi connectivity index (χ1n) is 6.21. The van der Waals surface area contributed by atoms with Crippen molar-refractivity contribution in [1.82, 2.24) is 9.55 Å². The van der Waals surface area contributed by atoms with Crippen molar-refractivity contribution in [3.05, 3.63) is 57.8 Å². The van der Waals surface area contributed by atoms with Crippen LogP contribution in [0.15, 0.2) is 40.9 Å². The predicted molar refractivity (Wildman–Crippen MR) is 82.1 cm³/mol. The molecule has 2 N–H and O–H groups in total. The van der Waals surface area contributed by atoms with Gasteiger partial charge in [-0.2, -0.15) is 0 Å². The van der Waals surface area contributed by atoms with Crippen LogP contribution in [0.3, 0.4) is 0 Å². The van der Waals surface area contributed by atoms with Crippen LogP contribution in [-0.2, 0) is 6.54 Å². The van der Waals surface area contributed by atoms with E-state index in [1.165, 1.54) is 11.6 Å².